The first-order valence-electron chi connectivity index (χ1n) is 4.58. The maximum atomic E-state index is 2.60. The van der Waals surface area contributed by atoms with E-state index in [1.165, 1.54) is 32.4 Å². The minimum absolute atomic E-state index is 0.741. The first-order chi connectivity index (χ1) is 5.20. The molecule has 1 nitrogen and oxygen atoms in total. The van der Waals surface area contributed by atoms with Gasteiger partial charge in [-0.1, -0.05) is 29.0 Å². The molecule has 0 aromatic heterocycles. The molecule has 1 saturated heterocycles. The Hall–Kier alpha value is 0.690. The first kappa shape index (κ1) is 9.78. The van der Waals surface area contributed by atoms with Crippen LogP contribution in [-0.4, -0.2) is 28.0 Å². The molecule has 0 spiro atoms. The van der Waals surface area contributed by atoms with Crippen molar-refractivity contribution in [3.63, 3.8) is 0 Å². The summed E-state index contributed by atoms with van der Waals surface area (Å²) in [5.74, 6) is 0. The maximum Gasteiger partial charge on any atom is 0.0237 e. The van der Waals surface area contributed by atoms with Crippen molar-refractivity contribution in [2.24, 2.45) is 0 Å². The fraction of sp³-hybridized carbons (Fsp3) is 1.00. The quantitative estimate of drug-likeness (QED) is 0.521. The molecule has 0 aromatic carbocycles. The molecule has 1 fully saturated rings. The van der Waals surface area contributed by atoms with E-state index >= 15 is 0 Å². The summed E-state index contributed by atoms with van der Waals surface area (Å²) in [6, 6.07) is 0.741. The molecule has 0 saturated carbocycles. The minimum Gasteiger partial charge on any atom is -0.300 e. The van der Waals surface area contributed by atoms with Gasteiger partial charge in [0, 0.05) is 16.5 Å². The summed E-state index contributed by atoms with van der Waals surface area (Å²) < 4.78 is 0.887. The van der Waals surface area contributed by atoms with Crippen LogP contribution in [0.2, 0.25) is 0 Å². The first-order valence-corrected chi connectivity index (χ1v) is 5.83. The molecule has 0 amide bonds. The van der Waals surface area contributed by atoms with E-state index in [4.69, 9.17) is 0 Å². The molecule has 0 N–H and O–H groups in total. The van der Waals surface area contributed by atoms with E-state index in [0.29, 0.717) is 0 Å². The third-order valence-corrected chi connectivity index (χ3v) is 3.39. The van der Waals surface area contributed by atoms with Crippen molar-refractivity contribution in [2.75, 3.05) is 13.1 Å². The van der Waals surface area contributed by atoms with Gasteiger partial charge in [-0.05, 0) is 33.2 Å². The van der Waals surface area contributed by atoms with E-state index in [1.807, 2.05) is 0 Å². The summed E-state index contributed by atoms with van der Waals surface area (Å²) in [4.78, 5) is 2.60. The Morgan fingerprint density at radius 3 is 2.73 bits per heavy atom. The average molecular weight is 267 g/mol. The Morgan fingerprint density at radius 2 is 2.09 bits per heavy atom. The van der Waals surface area contributed by atoms with E-state index in [0.717, 1.165) is 9.97 Å². The zero-order valence-corrected chi connectivity index (χ0v) is 9.67. The molecule has 0 bridgehead atoms. The lowest BCUT2D eigenvalue weighted by molar-refractivity contribution is 0.235. The fourth-order valence-electron chi connectivity index (χ4n) is 1.59. The zero-order valence-electron chi connectivity index (χ0n) is 7.52. The molecule has 11 heavy (non-hydrogen) atoms. The second kappa shape index (κ2) is 4.65. The lowest BCUT2D eigenvalue weighted by atomic mass is 10.2. The number of rotatable bonds is 1. The second-order valence-corrected chi connectivity index (χ2v) is 5.44. The molecule has 1 heterocycles. The van der Waals surface area contributed by atoms with Gasteiger partial charge in [0.2, 0.25) is 0 Å². The molecule has 1 aliphatic heterocycles. The predicted molar refractivity (Wildman–Crippen MR) is 58.4 cm³/mol. The van der Waals surface area contributed by atoms with Crippen molar-refractivity contribution in [3.8, 4) is 0 Å². The molecule has 0 radical (unpaired) electrons. The predicted octanol–water partition coefficient (Wildman–Crippen LogP) is 2.68. The number of alkyl halides is 1. The minimum atomic E-state index is 0.741. The molecule has 0 aromatic rings. The maximum absolute atomic E-state index is 2.60. The third kappa shape index (κ3) is 3.28. The van der Waals surface area contributed by atoms with Gasteiger partial charge >= 0.3 is 0 Å². The lowest BCUT2D eigenvalue weighted by Gasteiger charge is -2.25. The van der Waals surface area contributed by atoms with Crippen LogP contribution in [0.15, 0.2) is 0 Å². The van der Waals surface area contributed by atoms with Gasteiger partial charge in [-0.2, -0.15) is 0 Å². The highest BCUT2D eigenvalue weighted by molar-refractivity contribution is 14.1. The molecule has 0 aliphatic carbocycles. The highest BCUT2D eigenvalue weighted by atomic mass is 127. The van der Waals surface area contributed by atoms with Crippen LogP contribution in [0.1, 0.15) is 33.1 Å². The molecule has 1 rings (SSSR count). The monoisotopic (exact) mass is 267 g/mol. The standard InChI is InChI=1S/C9H18IN/c1-8(2)11-6-4-3-5-9(10)7-11/h8-9H,3-7H2,1-2H3. The number of halogens is 1. The van der Waals surface area contributed by atoms with Gasteiger partial charge in [-0.15, -0.1) is 0 Å². The SMILES string of the molecule is CC(C)N1CCCCC(I)C1. The normalized spacial score (nSPS) is 28.9. The molecule has 1 atom stereocenters. The Kier molecular flexibility index (Phi) is 4.13. The Balaban J connectivity index is 2.39. The van der Waals surface area contributed by atoms with E-state index in [1.54, 1.807) is 0 Å². The van der Waals surface area contributed by atoms with Gasteiger partial charge < -0.3 is 0 Å². The van der Waals surface area contributed by atoms with Crippen LogP contribution in [0.3, 0.4) is 0 Å². The average Bonchev–Trinajstić information content (AvgIpc) is 2.13. The largest absolute Gasteiger partial charge is 0.300 e. The Bertz CT molecular complexity index is 114. The van der Waals surface area contributed by atoms with Crippen molar-refractivity contribution in [2.45, 2.75) is 43.1 Å². The number of nitrogens with zero attached hydrogens (tertiary/aromatic N) is 1. The molecule has 1 aliphatic rings. The summed E-state index contributed by atoms with van der Waals surface area (Å²) in [6.45, 7) is 7.22. The fourth-order valence-corrected chi connectivity index (χ4v) is 2.53. The van der Waals surface area contributed by atoms with Crippen molar-refractivity contribution in [3.05, 3.63) is 0 Å². The summed E-state index contributed by atoms with van der Waals surface area (Å²) in [7, 11) is 0. The van der Waals surface area contributed by atoms with E-state index in [-0.39, 0.29) is 0 Å². The van der Waals surface area contributed by atoms with Gasteiger partial charge in [0.15, 0.2) is 0 Å². The van der Waals surface area contributed by atoms with Crippen LogP contribution >= 0.6 is 22.6 Å². The second-order valence-electron chi connectivity index (χ2n) is 3.68. The molecule has 66 valence electrons. The van der Waals surface area contributed by atoms with Crippen LogP contribution in [0.5, 0.6) is 0 Å². The van der Waals surface area contributed by atoms with Gasteiger partial charge in [-0.25, -0.2) is 0 Å². The van der Waals surface area contributed by atoms with E-state index in [9.17, 15) is 0 Å². The molecule has 1 unspecified atom stereocenters. The van der Waals surface area contributed by atoms with Gasteiger partial charge in [-0.3, -0.25) is 4.90 Å². The summed E-state index contributed by atoms with van der Waals surface area (Å²) in [5, 5.41) is 0. The zero-order chi connectivity index (χ0) is 8.27. The molecular weight excluding hydrogens is 249 g/mol. The lowest BCUT2D eigenvalue weighted by Crippen LogP contribution is -2.34. The number of likely N-dealkylation sites (tertiary alicyclic amines) is 1. The van der Waals surface area contributed by atoms with Crippen LogP contribution in [-0.2, 0) is 0 Å². The van der Waals surface area contributed by atoms with Crippen LogP contribution < -0.4 is 0 Å². The van der Waals surface area contributed by atoms with Crippen LogP contribution in [0.4, 0.5) is 0 Å². The smallest absolute Gasteiger partial charge is 0.0237 e. The van der Waals surface area contributed by atoms with Crippen LogP contribution in [0, 0.1) is 0 Å². The Labute approximate surface area is 83.7 Å². The summed E-state index contributed by atoms with van der Waals surface area (Å²) >= 11 is 2.59. The van der Waals surface area contributed by atoms with Crippen molar-refractivity contribution >= 4 is 22.6 Å². The highest BCUT2D eigenvalue weighted by Crippen LogP contribution is 2.18. The van der Waals surface area contributed by atoms with Crippen molar-refractivity contribution in [1.82, 2.24) is 4.90 Å². The van der Waals surface area contributed by atoms with E-state index in [2.05, 4.69) is 41.3 Å². The van der Waals surface area contributed by atoms with Crippen molar-refractivity contribution < 1.29 is 0 Å². The number of hydrogen-bond acceptors (Lipinski definition) is 1. The van der Waals surface area contributed by atoms with Gasteiger partial charge in [0.25, 0.3) is 0 Å². The highest BCUT2D eigenvalue weighted by Gasteiger charge is 2.17. The van der Waals surface area contributed by atoms with Gasteiger partial charge in [0.1, 0.15) is 0 Å². The topological polar surface area (TPSA) is 3.24 Å². The Morgan fingerprint density at radius 1 is 1.36 bits per heavy atom. The molecular formula is C9H18IN. The molecule has 2 heteroatoms. The number of hydrogen-bond donors (Lipinski definition) is 0. The third-order valence-electron chi connectivity index (χ3n) is 2.38. The summed E-state index contributed by atoms with van der Waals surface area (Å²) in [5.41, 5.74) is 0. The summed E-state index contributed by atoms with van der Waals surface area (Å²) in [6.07, 6.45) is 4.25. The van der Waals surface area contributed by atoms with Crippen LogP contribution in [0.25, 0.3) is 0 Å². The van der Waals surface area contributed by atoms with Crippen molar-refractivity contribution in [1.29, 1.82) is 0 Å². The van der Waals surface area contributed by atoms with Gasteiger partial charge in [0.05, 0.1) is 0 Å². The van der Waals surface area contributed by atoms with E-state index < -0.39 is 0 Å².